The van der Waals surface area contributed by atoms with Crippen molar-refractivity contribution in [1.82, 2.24) is 9.88 Å². The number of amides is 1. The van der Waals surface area contributed by atoms with Crippen molar-refractivity contribution in [2.24, 2.45) is 0 Å². The van der Waals surface area contributed by atoms with E-state index in [2.05, 4.69) is 4.98 Å². The lowest BCUT2D eigenvalue weighted by atomic mass is 10.1. The molecular weight excluding hydrogens is 296 g/mol. The van der Waals surface area contributed by atoms with Crippen molar-refractivity contribution < 1.29 is 9.90 Å². The quantitative estimate of drug-likeness (QED) is 0.920. The molecule has 1 aromatic carbocycles. The fourth-order valence-corrected chi connectivity index (χ4v) is 3.05. The van der Waals surface area contributed by atoms with Crippen LogP contribution in [0, 0.1) is 6.92 Å². The zero-order valence-corrected chi connectivity index (χ0v) is 14.2. The molecule has 1 unspecified atom stereocenters. The molecule has 0 aliphatic rings. The van der Waals surface area contributed by atoms with E-state index in [0.29, 0.717) is 12.1 Å². The van der Waals surface area contributed by atoms with E-state index in [-0.39, 0.29) is 11.9 Å². The largest absolute Gasteiger partial charge is 0.392 e. The van der Waals surface area contributed by atoms with Crippen molar-refractivity contribution in [3.05, 3.63) is 40.9 Å². The van der Waals surface area contributed by atoms with Crippen LogP contribution < -0.4 is 0 Å². The molecule has 22 heavy (non-hydrogen) atoms. The number of hydrogen-bond acceptors (Lipinski definition) is 4. The first-order valence-electron chi connectivity index (χ1n) is 7.40. The van der Waals surface area contributed by atoms with Gasteiger partial charge in [0.15, 0.2) is 0 Å². The van der Waals surface area contributed by atoms with Crippen LogP contribution in [0.5, 0.6) is 0 Å². The monoisotopic (exact) mass is 318 g/mol. The second kappa shape index (κ2) is 7.03. The number of aryl methyl sites for hydroxylation is 1. The molecule has 118 valence electrons. The van der Waals surface area contributed by atoms with Crippen LogP contribution in [0.1, 0.15) is 36.8 Å². The molecule has 0 aliphatic carbocycles. The molecule has 1 N–H and O–H groups in total. The number of aliphatic hydroxyl groups is 1. The van der Waals surface area contributed by atoms with E-state index >= 15 is 0 Å². The Kier molecular flexibility index (Phi) is 5.32. The van der Waals surface area contributed by atoms with Gasteiger partial charge in [-0.15, -0.1) is 11.3 Å². The molecule has 2 aromatic rings. The van der Waals surface area contributed by atoms with Gasteiger partial charge in [0.25, 0.3) is 5.91 Å². The number of aromatic nitrogens is 1. The Hall–Kier alpha value is -1.72. The predicted octanol–water partition coefficient (Wildman–Crippen LogP) is 3.35. The van der Waals surface area contributed by atoms with Gasteiger partial charge in [0.05, 0.1) is 6.10 Å². The van der Waals surface area contributed by atoms with E-state index in [1.54, 1.807) is 23.2 Å². The molecule has 4 nitrogen and oxygen atoms in total. The van der Waals surface area contributed by atoms with Crippen LogP contribution in [0.3, 0.4) is 0 Å². The van der Waals surface area contributed by atoms with Crippen LogP contribution in [0.4, 0.5) is 0 Å². The minimum absolute atomic E-state index is 0.0351. The van der Waals surface area contributed by atoms with E-state index in [0.717, 1.165) is 16.3 Å². The normalized spacial score (nSPS) is 12.5. The third-order valence-electron chi connectivity index (χ3n) is 3.32. The summed E-state index contributed by atoms with van der Waals surface area (Å²) >= 11 is 1.57. The van der Waals surface area contributed by atoms with Crippen molar-refractivity contribution in [3.63, 3.8) is 0 Å². The minimum Gasteiger partial charge on any atom is -0.392 e. The summed E-state index contributed by atoms with van der Waals surface area (Å²) in [6, 6.07) is 7.55. The fourth-order valence-electron chi connectivity index (χ4n) is 2.25. The number of thiazole rings is 1. The van der Waals surface area contributed by atoms with E-state index in [1.807, 2.05) is 50.4 Å². The maximum atomic E-state index is 12.7. The molecule has 2 rings (SSSR count). The highest BCUT2D eigenvalue weighted by molar-refractivity contribution is 7.13. The van der Waals surface area contributed by atoms with Crippen LogP contribution in [0.15, 0.2) is 29.6 Å². The lowest BCUT2D eigenvalue weighted by Gasteiger charge is -2.28. The Bertz CT molecular complexity index is 650. The Morgan fingerprint density at radius 2 is 2.09 bits per heavy atom. The zero-order valence-electron chi connectivity index (χ0n) is 13.4. The van der Waals surface area contributed by atoms with E-state index in [4.69, 9.17) is 0 Å². The second-order valence-corrected chi connectivity index (χ2v) is 6.63. The van der Waals surface area contributed by atoms with Crippen molar-refractivity contribution in [3.8, 4) is 10.6 Å². The summed E-state index contributed by atoms with van der Waals surface area (Å²) < 4.78 is 0. The summed E-state index contributed by atoms with van der Waals surface area (Å²) in [4.78, 5) is 18.9. The van der Waals surface area contributed by atoms with Gasteiger partial charge < -0.3 is 10.0 Å². The molecule has 0 radical (unpaired) electrons. The number of rotatable bonds is 5. The van der Waals surface area contributed by atoms with Gasteiger partial charge in [0.2, 0.25) is 0 Å². The lowest BCUT2D eigenvalue weighted by molar-refractivity contribution is 0.0579. The predicted molar refractivity (Wildman–Crippen MR) is 90.1 cm³/mol. The lowest BCUT2D eigenvalue weighted by Crippen LogP contribution is -2.41. The van der Waals surface area contributed by atoms with E-state index in [9.17, 15) is 9.90 Å². The van der Waals surface area contributed by atoms with Gasteiger partial charge >= 0.3 is 0 Å². The number of aliphatic hydroxyl groups excluding tert-OH is 1. The highest BCUT2D eigenvalue weighted by Crippen LogP contribution is 2.25. The molecule has 1 heterocycles. The van der Waals surface area contributed by atoms with Crippen LogP contribution in [-0.4, -0.2) is 39.6 Å². The smallest absolute Gasteiger partial charge is 0.254 e. The van der Waals surface area contributed by atoms with Gasteiger partial charge in [-0.3, -0.25) is 4.79 Å². The van der Waals surface area contributed by atoms with Crippen LogP contribution >= 0.6 is 11.3 Å². The summed E-state index contributed by atoms with van der Waals surface area (Å²) in [6.07, 6.45) is -0.545. The Morgan fingerprint density at radius 1 is 1.36 bits per heavy atom. The fraction of sp³-hybridized carbons (Fsp3) is 0.412. The third kappa shape index (κ3) is 3.93. The summed E-state index contributed by atoms with van der Waals surface area (Å²) in [7, 11) is 0. The van der Waals surface area contributed by atoms with Crippen molar-refractivity contribution in [1.29, 1.82) is 0 Å². The Balaban J connectivity index is 2.29. The highest BCUT2D eigenvalue weighted by Gasteiger charge is 2.20. The van der Waals surface area contributed by atoms with E-state index in [1.165, 1.54) is 0 Å². The summed E-state index contributed by atoms with van der Waals surface area (Å²) in [5.41, 5.74) is 2.55. The molecule has 1 amide bonds. The Morgan fingerprint density at radius 3 is 2.64 bits per heavy atom. The van der Waals surface area contributed by atoms with Crippen LogP contribution in [0.25, 0.3) is 10.6 Å². The molecule has 0 fully saturated rings. The number of benzene rings is 1. The zero-order chi connectivity index (χ0) is 16.3. The molecule has 5 heteroatoms. The van der Waals surface area contributed by atoms with Crippen LogP contribution in [0.2, 0.25) is 0 Å². The minimum atomic E-state index is -0.545. The SMILES string of the molecule is Cc1csc(-c2cccc(C(=O)N(CC(C)O)C(C)C)c2)n1. The van der Waals surface area contributed by atoms with Crippen LogP contribution in [-0.2, 0) is 0 Å². The molecule has 1 atom stereocenters. The number of carbonyl (C=O) groups is 1. The van der Waals surface area contributed by atoms with E-state index < -0.39 is 6.10 Å². The van der Waals surface area contributed by atoms with Gasteiger partial charge in [-0.25, -0.2) is 4.98 Å². The molecule has 0 aliphatic heterocycles. The summed E-state index contributed by atoms with van der Waals surface area (Å²) in [5.74, 6) is -0.0639. The van der Waals surface area contributed by atoms with Gasteiger partial charge in [0, 0.05) is 34.8 Å². The maximum Gasteiger partial charge on any atom is 0.254 e. The maximum absolute atomic E-state index is 12.7. The second-order valence-electron chi connectivity index (χ2n) is 5.78. The first-order chi connectivity index (χ1) is 10.4. The van der Waals surface area contributed by atoms with Crippen molar-refractivity contribution in [2.75, 3.05) is 6.54 Å². The highest BCUT2D eigenvalue weighted by atomic mass is 32.1. The number of carbonyl (C=O) groups excluding carboxylic acids is 1. The number of hydrogen-bond donors (Lipinski definition) is 1. The molecule has 0 spiro atoms. The number of nitrogens with zero attached hydrogens (tertiary/aromatic N) is 2. The molecular formula is C17H22N2O2S. The summed E-state index contributed by atoms with van der Waals surface area (Å²) in [6.45, 7) is 7.88. The third-order valence-corrected chi connectivity index (χ3v) is 4.33. The summed E-state index contributed by atoms with van der Waals surface area (Å²) in [5, 5.41) is 12.5. The van der Waals surface area contributed by atoms with Gasteiger partial charge in [-0.2, -0.15) is 0 Å². The van der Waals surface area contributed by atoms with Gasteiger partial charge in [0.1, 0.15) is 5.01 Å². The average Bonchev–Trinajstić information content (AvgIpc) is 2.90. The van der Waals surface area contributed by atoms with Gasteiger partial charge in [-0.05, 0) is 39.8 Å². The van der Waals surface area contributed by atoms with Crippen molar-refractivity contribution in [2.45, 2.75) is 39.8 Å². The standard InChI is InChI=1S/C17H22N2O2S/c1-11(2)19(9-13(4)20)17(21)15-7-5-6-14(8-15)16-18-12(3)10-22-16/h5-8,10-11,13,20H,9H2,1-4H3. The first-order valence-corrected chi connectivity index (χ1v) is 8.28. The molecule has 0 bridgehead atoms. The molecule has 1 aromatic heterocycles. The topological polar surface area (TPSA) is 53.4 Å². The Labute approximate surface area is 135 Å². The van der Waals surface area contributed by atoms with Gasteiger partial charge in [-0.1, -0.05) is 12.1 Å². The first kappa shape index (κ1) is 16.6. The van der Waals surface area contributed by atoms with Crippen molar-refractivity contribution >= 4 is 17.2 Å². The molecule has 0 saturated heterocycles. The average molecular weight is 318 g/mol. The molecule has 0 saturated carbocycles.